The van der Waals surface area contributed by atoms with Gasteiger partial charge in [0.2, 0.25) is 0 Å². The number of hydrogen-bond donors (Lipinski definition) is 3. The number of phenols is 1. The zero-order valence-electron chi connectivity index (χ0n) is 8.92. The minimum absolute atomic E-state index is 0.0573. The minimum atomic E-state index is -0.339. The lowest BCUT2D eigenvalue weighted by Gasteiger charge is -2.23. The minimum Gasteiger partial charge on any atom is -0.508 e. The molecule has 0 aromatic heterocycles. The van der Waals surface area contributed by atoms with Crippen LogP contribution in [-0.4, -0.2) is 22.4 Å². The number of aliphatic hydroxyl groups is 1. The van der Waals surface area contributed by atoms with Gasteiger partial charge in [-0.05, 0) is 32.0 Å². The van der Waals surface area contributed by atoms with E-state index in [0.29, 0.717) is 6.54 Å². The number of halogens is 1. The van der Waals surface area contributed by atoms with E-state index in [1.165, 1.54) is 0 Å². The number of benzene rings is 1. The molecule has 0 unspecified atom stereocenters. The van der Waals surface area contributed by atoms with Crippen LogP contribution in [-0.2, 0) is 6.54 Å². The van der Waals surface area contributed by atoms with Crippen molar-refractivity contribution in [2.45, 2.75) is 25.9 Å². The summed E-state index contributed by atoms with van der Waals surface area (Å²) in [5, 5.41) is 21.8. The third-order valence-electron chi connectivity index (χ3n) is 2.19. The molecule has 0 amide bonds. The molecule has 0 aliphatic rings. The number of phenolic OH excluding ortho intramolecular Hbond substituents is 1. The van der Waals surface area contributed by atoms with Crippen molar-refractivity contribution < 1.29 is 10.2 Å². The third kappa shape index (κ3) is 3.81. The molecular weight excluding hydrogens is 258 g/mol. The van der Waals surface area contributed by atoms with Crippen LogP contribution in [0.1, 0.15) is 19.4 Å². The van der Waals surface area contributed by atoms with Crippen molar-refractivity contribution in [2.24, 2.45) is 0 Å². The maximum Gasteiger partial charge on any atom is 0.120 e. The Kier molecular flexibility index (Phi) is 4.13. The van der Waals surface area contributed by atoms with Gasteiger partial charge >= 0.3 is 0 Å². The lowest BCUT2D eigenvalue weighted by Crippen LogP contribution is -2.42. The Bertz CT molecular complexity index is 339. The summed E-state index contributed by atoms with van der Waals surface area (Å²) < 4.78 is 0.930. The molecule has 3 nitrogen and oxygen atoms in total. The zero-order valence-corrected chi connectivity index (χ0v) is 10.5. The number of aromatic hydroxyl groups is 1. The Morgan fingerprint density at radius 1 is 1.40 bits per heavy atom. The predicted molar refractivity (Wildman–Crippen MR) is 63.8 cm³/mol. The molecule has 0 aliphatic carbocycles. The third-order valence-corrected chi connectivity index (χ3v) is 2.69. The van der Waals surface area contributed by atoms with Crippen molar-refractivity contribution in [3.05, 3.63) is 28.2 Å². The fraction of sp³-hybridized carbons (Fsp3) is 0.455. The van der Waals surface area contributed by atoms with Crippen LogP contribution in [0.5, 0.6) is 5.75 Å². The quantitative estimate of drug-likeness (QED) is 0.787. The van der Waals surface area contributed by atoms with Crippen molar-refractivity contribution in [3.8, 4) is 5.75 Å². The van der Waals surface area contributed by atoms with Crippen LogP contribution in [0.15, 0.2) is 22.7 Å². The summed E-state index contributed by atoms with van der Waals surface area (Å²) in [7, 11) is 0. The number of nitrogens with one attached hydrogen (secondary N) is 1. The molecule has 4 heteroatoms. The maximum absolute atomic E-state index is 9.58. The van der Waals surface area contributed by atoms with Crippen LogP contribution >= 0.6 is 15.9 Å². The molecule has 1 aromatic rings. The Labute approximate surface area is 98.3 Å². The first-order valence-electron chi connectivity index (χ1n) is 4.78. The summed E-state index contributed by atoms with van der Waals surface area (Å²) in [6.07, 6.45) is 0. The SMILES string of the molecule is CC(C)(CO)NCc1cc(Br)ccc1O. The van der Waals surface area contributed by atoms with Crippen molar-refractivity contribution in [1.82, 2.24) is 5.32 Å². The second kappa shape index (κ2) is 4.96. The van der Waals surface area contributed by atoms with Gasteiger partial charge < -0.3 is 15.5 Å². The Balaban J connectivity index is 2.69. The van der Waals surface area contributed by atoms with Crippen LogP contribution in [0.4, 0.5) is 0 Å². The fourth-order valence-corrected chi connectivity index (χ4v) is 1.49. The highest BCUT2D eigenvalue weighted by Gasteiger charge is 2.15. The van der Waals surface area contributed by atoms with Crippen LogP contribution in [0.25, 0.3) is 0 Å². The van der Waals surface area contributed by atoms with Gasteiger partial charge in [-0.1, -0.05) is 15.9 Å². The number of hydrogen-bond acceptors (Lipinski definition) is 3. The number of rotatable bonds is 4. The Hall–Kier alpha value is -0.580. The lowest BCUT2D eigenvalue weighted by molar-refractivity contribution is 0.187. The van der Waals surface area contributed by atoms with E-state index in [4.69, 9.17) is 5.11 Å². The highest BCUT2D eigenvalue weighted by Crippen LogP contribution is 2.22. The van der Waals surface area contributed by atoms with E-state index in [2.05, 4.69) is 21.2 Å². The average molecular weight is 274 g/mol. The number of aliphatic hydroxyl groups excluding tert-OH is 1. The van der Waals surface area contributed by atoms with Crippen molar-refractivity contribution in [3.63, 3.8) is 0 Å². The molecule has 0 atom stereocenters. The van der Waals surface area contributed by atoms with Crippen LogP contribution < -0.4 is 5.32 Å². The first-order valence-corrected chi connectivity index (χ1v) is 5.57. The van der Waals surface area contributed by atoms with Gasteiger partial charge in [0.25, 0.3) is 0 Å². The summed E-state index contributed by atoms with van der Waals surface area (Å²) in [6, 6.07) is 5.29. The molecule has 0 saturated heterocycles. The van der Waals surface area contributed by atoms with Gasteiger partial charge in [0.05, 0.1) is 6.61 Å². The molecule has 0 fully saturated rings. The Morgan fingerprint density at radius 3 is 2.67 bits per heavy atom. The predicted octanol–water partition coefficient (Wildman–Crippen LogP) is 2.02. The van der Waals surface area contributed by atoms with E-state index in [1.807, 2.05) is 19.9 Å². The van der Waals surface area contributed by atoms with Gasteiger partial charge in [-0.15, -0.1) is 0 Å². The Morgan fingerprint density at radius 2 is 2.07 bits per heavy atom. The fourth-order valence-electron chi connectivity index (χ4n) is 1.09. The topological polar surface area (TPSA) is 52.5 Å². The molecule has 15 heavy (non-hydrogen) atoms. The average Bonchev–Trinajstić information content (AvgIpc) is 2.20. The zero-order chi connectivity index (χ0) is 11.5. The molecule has 0 spiro atoms. The van der Waals surface area contributed by atoms with Gasteiger partial charge in [-0.25, -0.2) is 0 Å². The first-order chi connectivity index (χ1) is 6.94. The van der Waals surface area contributed by atoms with Crippen LogP contribution in [0.3, 0.4) is 0 Å². The van der Waals surface area contributed by atoms with E-state index in [-0.39, 0.29) is 17.9 Å². The molecule has 0 saturated carbocycles. The second-order valence-electron chi connectivity index (χ2n) is 4.17. The molecule has 0 radical (unpaired) electrons. The molecule has 0 aliphatic heterocycles. The molecule has 0 bridgehead atoms. The van der Waals surface area contributed by atoms with Crippen LogP contribution in [0, 0.1) is 0 Å². The second-order valence-corrected chi connectivity index (χ2v) is 5.08. The lowest BCUT2D eigenvalue weighted by atomic mass is 10.1. The molecule has 84 valence electrons. The summed E-state index contributed by atoms with van der Waals surface area (Å²) in [5.41, 5.74) is 0.472. The van der Waals surface area contributed by atoms with Gasteiger partial charge in [-0.3, -0.25) is 0 Å². The standard InChI is InChI=1S/C11H16BrNO2/c1-11(2,7-14)13-6-8-5-9(12)3-4-10(8)15/h3-5,13-15H,6-7H2,1-2H3. The molecule has 0 heterocycles. The van der Waals surface area contributed by atoms with Gasteiger partial charge in [0, 0.05) is 22.1 Å². The summed E-state index contributed by atoms with van der Waals surface area (Å²) in [4.78, 5) is 0. The van der Waals surface area contributed by atoms with E-state index in [0.717, 1.165) is 10.0 Å². The normalized spacial score (nSPS) is 11.7. The molecule has 3 N–H and O–H groups in total. The highest BCUT2D eigenvalue weighted by molar-refractivity contribution is 9.10. The van der Waals surface area contributed by atoms with E-state index < -0.39 is 0 Å². The van der Waals surface area contributed by atoms with Crippen molar-refractivity contribution in [1.29, 1.82) is 0 Å². The van der Waals surface area contributed by atoms with Gasteiger partial charge in [0.1, 0.15) is 5.75 Å². The van der Waals surface area contributed by atoms with Crippen molar-refractivity contribution >= 4 is 15.9 Å². The maximum atomic E-state index is 9.58. The van der Waals surface area contributed by atoms with E-state index in [9.17, 15) is 5.11 Å². The summed E-state index contributed by atoms with van der Waals surface area (Å²) in [5.74, 6) is 0.263. The van der Waals surface area contributed by atoms with E-state index in [1.54, 1.807) is 12.1 Å². The smallest absolute Gasteiger partial charge is 0.120 e. The van der Waals surface area contributed by atoms with E-state index >= 15 is 0 Å². The largest absolute Gasteiger partial charge is 0.508 e. The van der Waals surface area contributed by atoms with Gasteiger partial charge in [-0.2, -0.15) is 0 Å². The molecule has 1 aromatic carbocycles. The van der Waals surface area contributed by atoms with Gasteiger partial charge in [0.15, 0.2) is 0 Å². The molecular formula is C11H16BrNO2. The molecule has 1 rings (SSSR count). The summed E-state index contributed by atoms with van der Waals surface area (Å²) >= 11 is 3.35. The monoisotopic (exact) mass is 273 g/mol. The highest BCUT2D eigenvalue weighted by atomic mass is 79.9. The van der Waals surface area contributed by atoms with Crippen molar-refractivity contribution in [2.75, 3.05) is 6.61 Å². The summed E-state index contributed by atoms with van der Waals surface area (Å²) in [6.45, 7) is 4.39. The van der Waals surface area contributed by atoms with Crippen LogP contribution in [0.2, 0.25) is 0 Å². The first kappa shape index (κ1) is 12.5.